The van der Waals surface area contributed by atoms with Gasteiger partial charge >= 0.3 is 0 Å². The van der Waals surface area contributed by atoms with Crippen molar-refractivity contribution in [2.75, 3.05) is 7.11 Å². The van der Waals surface area contributed by atoms with Crippen LogP contribution in [0.2, 0.25) is 0 Å². The summed E-state index contributed by atoms with van der Waals surface area (Å²) in [6.45, 7) is 2.18. The summed E-state index contributed by atoms with van der Waals surface area (Å²) in [7, 11) is 1.68. The third-order valence-corrected chi connectivity index (χ3v) is 4.81. The molecule has 2 rings (SSSR count). The molecule has 0 heterocycles. The fourth-order valence-electron chi connectivity index (χ4n) is 2.13. The maximum atomic E-state index is 6.41. The van der Waals surface area contributed by atoms with Crippen LogP contribution in [-0.4, -0.2) is 12.4 Å². The summed E-state index contributed by atoms with van der Waals surface area (Å²) in [6, 6.07) is 18.5. The molecule has 0 fully saturated rings. The SMILES string of the molecule is CCC(Sc1ccc(OC)cc1)C(N)c1ccccc1. The molecule has 106 valence electrons. The van der Waals surface area contributed by atoms with Crippen molar-refractivity contribution in [2.45, 2.75) is 29.5 Å². The summed E-state index contributed by atoms with van der Waals surface area (Å²) in [6.07, 6.45) is 1.03. The Labute approximate surface area is 125 Å². The third-order valence-electron chi connectivity index (χ3n) is 3.33. The minimum atomic E-state index is 0.0494. The summed E-state index contributed by atoms with van der Waals surface area (Å²) >= 11 is 1.83. The Balaban J connectivity index is 2.08. The quantitative estimate of drug-likeness (QED) is 0.806. The lowest BCUT2D eigenvalue weighted by Crippen LogP contribution is -2.23. The molecule has 2 atom stereocenters. The molecule has 2 nitrogen and oxygen atoms in total. The number of methoxy groups -OCH3 is 1. The molecular formula is C17H21NOS. The Kier molecular flexibility index (Phi) is 5.50. The van der Waals surface area contributed by atoms with Gasteiger partial charge in [-0.2, -0.15) is 0 Å². The van der Waals surface area contributed by atoms with Crippen LogP contribution in [0.1, 0.15) is 24.9 Å². The highest BCUT2D eigenvalue weighted by Crippen LogP contribution is 2.33. The zero-order valence-corrected chi connectivity index (χ0v) is 12.8. The van der Waals surface area contributed by atoms with E-state index in [0.29, 0.717) is 5.25 Å². The molecule has 0 bridgehead atoms. The molecule has 0 aromatic heterocycles. The predicted octanol–water partition coefficient (Wildman–Crippen LogP) is 4.27. The van der Waals surface area contributed by atoms with Crippen LogP contribution in [0.3, 0.4) is 0 Å². The van der Waals surface area contributed by atoms with Crippen molar-refractivity contribution < 1.29 is 4.74 Å². The Hall–Kier alpha value is -1.45. The first kappa shape index (κ1) is 14.9. The molecule has 0 aliphatic rings. The normalized spacial score (nSPS) is 13.8. The van der Waals surface area contributed by atoms with Gasteiger partial charge in [0.15, 0.2) is 0 Å². The molecule has 2 aromatic carbocycles. The van der Waals surface area contributed by atoms with Crippen LogP contribution in [0.4, 0.5) is 0 Å². The monoisotopic (exact) mass is 287 g/mol. The van der Waals surface area contributed by atoms with E-state index in [2.05, 4.69) is 31.2 Å². The molecule has 2 aromatic rings. The van der Waals surface area contributed by atoms with E-state index in [4.69, 9.17) is 10.5 Å². The minimum Gasteiger partial charge on any atom is -0.497 e. The van der Waals surface area contributed by atoms with Crippen molar-refractivity contribution in [3.05, 3.63) is 60.2 Å². The molecule has 20 heavy (non-hydrogen) atoms. The lowest BCUT2D eigenvalue weighted by atomic mass is 10.0. The number of ether oxygens (including phenoxy) is 1. The summed E-state index contributed by atoms with van der Waals surface area (Å²) in [5.41, 5.74) is 7.60. The van der Waals surface area contributed by atoms with E-state index in [-0.39, 0.29) is 6.04 Å². The lowest BCUT2D eigenvalue weighted by Gasteiger charge is -2.22. The fourth-order valence-corrected chi connectivity index (χ4v) is 3.24. The molecule has 0 aliphatic heterocycles. The van der Waals surface area contributed by atoms with Crippen molar-refractivity contribution in [1.29, 1.82) is 0 Å². The smallest absolute Gasteiger partial charge is 0.118 e. The minimum absolute atomic E-state index is 0.0494. The highest BCUT2D eigenvalue weighted by Gasteiger charge is 2.18. The standard InChI is InChI=1S/C17H21NOS/c1-3-16(17(18)13-7-5-4-6-8-13)20-15-11-9-14(19-2)10-12-15/h4-12,16-17H,3,18H2,1-2H3. The maximum Gasteiger partial charge on any atom is 0.118 e. The van der Waals surface area contributed by atoms with Crippen molar-refractivity contribution >= 4 is 11.8 Å². The first-order chi connectivity index (χ1) is 9.74. The van der Waals surface area contributed by atoms with Crippen LogP contribution in [0.5, 0.6) is 5.75 Å². The van der Waals surface area contributed by atoms with Gasteiger partial charge in [0.25, 0.3) is 0 Å². The number of hydrogen-bond acceptors (Lipinski definition) is 3. The average Bonchev–Trinajstić information content (AvgIpc) is 2.53. The van der Waals surface area contributed by atoms with E-state index in [0.717, 1.165) is 12.2 Å². The van der Waals surface area contributed by atoms with E-state index in [9.17, 15) is 0 Å². The van der Waals surface area contributed by atoms with Gasteiger partial charge in [0, 0.05) is 16.2 Å². The van der Waals surface area contributed by atoms with Crippen molar-refractivity contribution in [3.63, 3.8) is 0 Å². The van der Waals surface area contributed by atoms with E-state index < -0.39 is 0 Å². The Morgan fingerprint density at radius 2 is 1.70 bits per heavy atom. The van der Waals surface area contributed by atoms with Crippen LogP contribution in [0.15, 0.2) is 59.5 Å². The Bertz CT molecular complexity index is 512. The molecule has 0 spiro atoms. The predicted molar refractivity (Wildman–Crippen MR) is 86.3 cm³/mol. The van der Waals surface area contributed by atoms with Gasteiger partial charge in [-0.3, -0.25) is 0 Å². The van der Waals surface area contributed by atoms with Crippen LogP contribution in [0, 0.1) is 0 Å². The zero-order valence-electron chi connectivity index (χ0n) is 12.0. The van der Waals surface area contributed by atoms with Crippen LogP contribution in [0.25, 0.3) is 0 Å². The number of nitrogens with two attached hydrogens (primary N) is 1. The van der Waals surface area contributed by atoms with Gasteiger partial charge in [-0.05, 0) is 36.2 Å². The summed E-state index contributed by atoms with van der Waals surface area (Å²) in [4.78, 5) is 1.23. The molecule has 0 saturated heterocycles. The third kappa shape index (κ3) is 3.78. The van der Waals surface area contributed by atoms with E-state index in [1.54, 1.807) is 7.11 Å². The van der Waals surface area contributed by atoms with Crippen LogP contribution < -0.4 is 10.5 Å². The molecule has 2 unspecified atom stereocenters. The van der Waals surface area contributed by atoms with Gasteiger partial charge in [-0.1, -0.05) is 37.3 Å². The number of thioether (sulfide) groups is 1. The molecule has 0 saturated carbocycles. The highest BCUT2D eigenvalue weighted by molar-refractivity contribution is 8.00. The number of hydrogen-bond donors (Lipinski definition) is 1. The number of benzene rings is 2. The van der Waals surface area contributed by atoms with Gasteiger partial charge in [0.2, 0.25) is 0 Å². The zero-order chi connectivity index (χ0) is 14.4. The maximum absolute atomic E-state index is 6.41. The lowest BCUT2D eigenvalue weighted by molar-refractivity contribution is 0.414. The van der Waals surface area contributed by atoms with Gasteiger partial charge in [-0.15, -0.1) is 11.8 Å². The molecule has 0 amide bonds. The summed E-state index contributed by atoms with van der Waals surface area (Å²) in [5, 5.41) is 0.366. The van der Waals surface area contributed by atoms with Gasteiger partial charge < -0.3 is 10.5 Å². The van der Waals surface area contributed by atoms with Crippen molar-refractivity contribution in [1.82, 2.24) is 0 Å². The first-order valence-corrected chi connectivity index (χ1v) is 7.73. The Morgan fingerprint density at radius 3 is 2.25 bits per heavy atom. The second-order valence-corrected chi connectivity index (χ2v) is 5.99. The van der Waals surface area contributed by atoms with Gasteiger partial charge in [-0.25, -0.2) is 0 Å². The largest absolute Gasteiger partial charge is 0.497 e. The van der Waals surface area contributed by atoms with E-state index in [1.807, 2.05) is 42.1 Å². The molecular weight excluding hydrogens is 266 g/mol. The second kappa shape index (κ2) is 7.36. The topological polar surface area (TPSA) is 35.2 Å². The highest BCUT2D eigenvalue weighted by atomic mass is 32.2. The van der Waals surface area contributed by atoms with Crippen LogP contribution >= 0.6 is 11.8 Å². The van der Waals surface area contributed by atoms with E-state index >= 15 is 0 Å². The molecule has 3 heteroatoms. The summed E-state index contributed by atoms with van der Waals surface area (Å²) < 4.78 is 5.18. The average molecular weight is 287 g/mol. The molecule has 0 aliphatic carbocycles. The van der Waals surface area contributed by atoms with E-state index in [1.165, 1.54) is 10.5 Å². The second-order valence-electron chi connectivity index (χ2n) is 4.68. The van der Waals surface area contributed by atoms with Gasteiger partial charge in [0.05, 0.1) is 7.11 Å². The van der Waals surface area contributed by atoms with Crippen molar-refractivity contribution in [3.8, 4) is 5.75 Å². The fraction of sp³-hybridized carbons (Fsp3) is 0.294. The first-order valence-electron chi connectivity index (χ1n) is 6.85. The number of rotatable bonds is 6. The van der Waals surface area contributed by atoms with Crippen LogP contribution in [-0.2, 0) is 0 Å². The summed E-state index contributed by atoms with van der Waals surface area (Å²) in [5.74, 6) is 0.884. The molecule has 0 radical (unpaired) electrons. The van der Waals surface area contributed by atoms with Gasteiger partial charge in [0.1, 0.15) is 5.75 Å². The molecule has 2 N–H and O–H groups in total. The van der Waals surface area contributed by atoms with Crippen molar-refractivity contribution in [2.24, 2.45) is 5.73 Å². The Morgan fingerprint density at radius 1 is 1.05 bits per heavy atom.